The fourth-order valence-electron chi connectivity index (χ4n) is 3.06. The normalized spacial score (nSPS) is 20.4. The zero-order chi connectivity index (χ0) is 18.4. The standard InChI is InChI=1S/C18H29N3O3S/c1-15(11-12-16-8-5-4-6-9-16)19-18(22)17-10-7-13-21(14-17)25(23,24)20(2)3/h4-6,8-9,15,17H,7,10-14H2,1-3H3,(H,19,22)/t15-,17-/m0/s1. The van der Waals surface area contributed by atoms with Crippen LogP contribution in [-0.4, -0.2) is 56.2 Å². The molecule has 2 rings (SSSR count). The molecule has 1 heterocycles. The van der Waals surface area contributed by atoms with Gasteiger partial charge in [0, 0.05) is 33.2 Å². The van der Waals surface area contributed by atoms with E-state index in [2.05, 4.69) is 17.4 Å². The number of rotatable bonds is 7. The summed E-state index contributed by atoms with van der Waals surface area (Å²) >= 11 is 0. The number of hydrogen-bond donors (Lipinski definition) is 1. The molecule has 0 radical (unpaired) electrons. The second kappa shape index (κ2) is 8.78. The second-order valence-corrected chi connectivity index (χ2v) is 9.06. The van der Waals surface area contributed by atoms with E-state index in [4.69, 9.17) is 0 Å². The Kier molecular flexibility index (Phi) is 6.98. The van der Waals surface area contributed by atoms with Crippen molar-refractivity contribution in [2.24, 2.45) is 5.92 Å². The molecule has 1 aliphatic heterocycles. The molecule has 0 bridgehead atoms. The summed E-state index contributed by atoms with van der Waals surface area (Å²) in [4.78, 5) is 12.5. The van der Waals surface area contributed by atoms with Crippen LogP contribution in [0, 0.1) is 5.92 Å². The molecule has 0 saturated carbocycles. The number of nitrogens with one attached hydrogen (secondary N) is 1. The van der Waals surface area contributed by atoms with E-state index < -0.39 is 10.2 Å². The molecule has 0 aromatic heterocycles. The average molecular weight is 368 g/mol. The van der Waals surface area contributed by atoms with Crippen molar-refractivity contribution in [1.29, 1.82) is 0 Å². The third-order valence-corrected chi connectivity index (χ3v) is 6.55. The zero-order valence-corrected chi connectivity index (χ0v) is 16.1. The van der Waals surface area contributed by atoms with Crippen LogP contribution in [0.1, 0.15) is 31.7 Å². The van der Waals surface area contributed by atoms with Crippen molar-refractivity contribution in [2.45, 2.75) is 38.6 Å². The van der Waals surface area contributed by atoms with Crippen molar-refractivity contribution in [3.8, 4) is 0 Å². The summed E-state index contributed by atoms with van der Waals surface area (Å²) in [5.74, 6) is -0.318. The monoisotopic (exact) mass is 367 g/mol. The maximum Gasteiger partial charge on any atom is 0.281 e. The average Bonchev–Trinajstić information content (AvgIpc) is 2.60. The van der Waals surface area contributed by atoms with E-state index >= 15 is 0 Å². The number of amides is 1. The van der Waals surface area contributed by atoms with Crippen molar-refractivity contribution < 1.29 is 13.2 Å². The summed E-state index contributed by atoms with van der Waals surface area (Å²) in [5, 5.41) is 3.05. The third-order valence-electron chi connectivity index (χ3n) is 4.64. The largest absolute Gasteiger partial charge is 0.353 e. The first-order valence-corrected chi connectivity index (χ1v) is 10.2. The quantitative estimate of drug-likeness (QED) is 0.796. The van der Waals surface area contributed by atoms with Crippen LogP contribution < -0.4 is 5.32 Å². The first-order valence-electron chi connectivity index (χ1n) is 8.82. The Morgan fingerprint density at radius 2 is 2.00 bits per heavy atom. The number of aryl methyl sites for hydroxylation is 1. The Balaban J connectivity index is 1.85. The number of hydrogen-bond acceptors (Lipinski definition) is 3. The molecule has 1 saturated heterocycles. The van der Waals surface area contributed by atoms with Gasteiger partial charge in [-0.15, -0.1) is 0 Å². The summed E-state index contributed by atoms with van der Waals surface area (Å²) in [6.45, 7) is 2.74. The van der Waals surface area contributed by atoms with Crippen LogP contribution in [0.5, 0.6) is 0 Å². The molecule has 7 heteroatoms. The topological polar surface area (TPSA) is 69.7 Å². The number of carbonyl (C=O) groups is 1. The van der Waals surface area contributed by atoms with Gasteiger partial charge in [0.05, 0.1) is 5.92 Å². The zero-order valence-electron chi connectivity index (χ0n) is 15.3. The van der Waals surface area contributed by atoms with Crippen molar-refractivity contribution in [3.05, 3.63) is 35.9 Å². The molecule has 0 unspecified atom stereocenters. The fourth-order valence-corrected chi connectivity index (χ4v) is 4.25. The van der Waals surface area contributed by atoms with Gasteiger partial charge in [0.1, 0.15) is 0 Å². The molecule has 0 spiro atoms. The highest BCUT2D eigenvalue weighted by atomic mass is 32.2. The molecule has 1 amide bonds. The van der Waals surface area contributed by atoms with Gasteiger partial charge < -0.3 is 5.32 Å². The molecule has 1 aromatic carbocycles. The predicted octanol–water partition coefficient (Wildman–Crippen LogP) is 1.64. The van der Waals surface area contributed by atoms with Crippen LogP contribution in [0.15, 0.2) is 30.3 Å². The van der Waals surface area contributed by atoms with Gasteiger partial charge in [0.2, 0.25) is 5.91 Å². The molecule has 1 fully saturated rings. The smallest absolute Gasteiger partial charge is 0.281 e. The SMILES string of the molecule is C[C@@H](CCc1ccccc1)NC(=O)[C@H]1CCCN(S(=O)(=O)N(C)C)C1. The molecular weight excluding hydrogens is 338 g/mol. The number of nitrogens with zero attached hydrogens (tertiary/aromatic N) is 2. The minimum atomic E-state index is -3.45. The fraction of sp³-hybridized carbons (Fsp3) is 0.611. The van der Waals surface area contributed by atoms with E-state index in [9.17, 15) is 13.2 Å². The summed E-state index contributed by atoms with van der Waals surface area (Å²) in [6.07, 6.45) is 3.22. The highest BCUT2D eigenvalue weighted by Crippen LogP contribution is 2.20. The van der Waals surface area contributed by atoms with Crippen molar-refractivity contribution in [3.63, 3.8) is 0 Å². The Bertz CT molecular complexity index is 661. The molecule has 25 heavy (non-hydrogen) atoms. The lowest BCUT2D eigenvalue weighted by Crippen LogP contribution is -2.49. The van der Waals surface area contributed by atoms with Gasteiger partial charge in [-0.1, -0.05) is 30.3 Å². The van der Waals surface area contributed by atoms with Gasteiger partial charge in [0.25, 0.3) is 10.2 Å². The first-order chi connectivity index (χ1) is 11.8. The van der Waals surface area contributed by atoms with Crippen molar-refractivity contribution in [1.82, 2.24) is 13.9 Å². The molecule has 0 aliphatic carbocycles. The molecule has 140 valence electrons. The van der Waals surface area contributed by atoms with Gasteiger partial charge in [0.15, 0.2) is 0 Å². The molecule has 1 aromatic rings. The van der Waals surface area contributed by atoms with Crippen LogP contribution in [0.4, 0.5) is 0 Å². The number of carbonyl (C=O) groups excluding carboxylic acids is 1. The summed E-state index contributed by atoms with van der Waals surface area (Å²) in [7, 11) is -0.417. The van der Waals surface area contributed by atoms with Gasteiger partial charge in [-0.05, 0) is 38.2 Å². The lowest BCUT2D eigenvalue weighted by Gasteiger charge is -2.33. The highest BCUT2D eigenvalue weighted by Gasteiger charge is 2.33. The molecule has 6 nitrogen and oxygen atoms in total. The van der Waals surface area contributed by atoms with Crippen LogP contribution in [0.2, 0.25) is 0 Å². The first kappa shape index (κ1) is 19.9. The minimum absolute atomic E-state index is 0.0424. The Labute approximate surface area is 151 Å². The maximum atomic E-state index is 12.5. The Hall–Kier alpha value is -1.44. The molecule has 1 N–H and O–H groups in total. The van der Waals surface area contributed by atoms with E-state index in [1.54, 1.807) is 0 Å². The van der Waals surface area contributed by atoms with E-state index in [1.807, 2.05) is 25.1 Å². The van der Waals surface area contributed by atoms with Crippen molar-refractivity contribution >= 4 is 16.1 Å². The van der Waals surface area contributed by atoms with Crippen LogP contribution in [0.25, 0.3) is 0 Å². The maximum absolute atomic E-state index is 12.5. The number of piperidine rings is 1. The lowest BCUT2D eigenvalue weighted by atomic mass is 9.98. The lowest BCUT2D eigenvalue weighted by molar-refractivity contribution is -0.126. The van der Waals surface area contributed by atoms with Crippen LogP contribution in [0.3, 0.4) is 0 Å². The van der Waals surface area contributed by atoms with Crippen LogP contribution in [-0.2, 0) is 21.4 Å². The van der Waals surface area contributed by atoms with Gasteiger partial charge in [-0.25, -0.2) is 0 Å². The number of benzene rings is 1. The Morgan fingerprint density at radius 3 is 2.64 bits per heavy atom. The third kappa shape index (κ3) is 5.52. The highest BCUT2D eigenvalue weighted by molar-refractivity contribution is 7.86. The predicted molar refractivity (Wildman–Crippen MR) is 99.3 cm³/mol. The van der Waals surface area contributed by atoms with E-state index in [0.717, 1.165) is 19.3 Å². The van der Waals surface area contributed by atoms with Gasteiger partial charge in [-0.2, -0.15) is 17.0 Å². The van der Waals surface area contributed by atoms with Crippen LogP contribution >= 0.6 is 0 Å². The second-order valence-electron chi connectivity index (χ2n) is 6.92. The minimum Gasteiger partial charge on any atom is -0.353 e. The van der Waals surface area contributed by atoms with Crippen molar-refractivity contribution in [2.75, 3.05) is 27.2 Å². The van der Waals surface area contributed by atoms with E-state index in [-0.39, 0.29) is 24.4 Å². The summed E-state index contributed by atoms with van der Waals surface area (Å²) < 4.78 is 27.1. The molecule has 2 atom stereocenters. The van der Waals surface area contributed by atoms with E-state index in [0.29, 0.717) is 13.0 Å². The molecular formula is C18H29N3O3S. The summed E-state index contributed by atoms with van der Waals surface area (Å²) in [6, 6.07) is 10.2. The van der Waals surface area contributed by atoms with Gasteiger partial charge in [-0.3, -0.25) is 4.79 Å². The summed E-state index contributed by atoms with van der Waals surface area (Å²) in [5.41, 5.74) is 1.25. The Morgan fingerprint density at radius 1 is 1.32 bits per heavy atom. The van der Waals surface area contributed by atoms with E-state index in [1.165, 1.54) is 28.3 Å². The van der Waals surface area contributed by atoms with Gasteiger partial charge >= 0.3 is 0 Å². The molecule has 1 aliphatic rings.